The number of benzene rings is 2. The number of hydrogen-bond acceptors (Lipinski definition) is 1. The van der Waals surface area contributed by atoms with Gasteiger partial charge in [-0.1, -0.05) is 133 Å². The van der Waals surface area contributed by atoms with Crippen molar-refractivity contribution in [3.8, 4) is 0 Å². The van der Waals surface area contributed by atoms with Crippen LogP contribution >= 0.6 is 0 Å². The van der Waals surface area contributed by atoms with Crippen molar-refractivity contribution in [1.29, 1.82) is 0 Å². The Labute approximate surface area is 191 Å². The van der Waals surface area contributed by atoms with Gasteiger partial charge in [0.05, 0.1) is 0 Å². The van der Waals surface area contributed by atoms with Crippen molar-refractivity contribution in [3.05, 3.63) is 76.9 Å². The van der Waals surface area contributed by atoms with E-state index < -0.39 is 0 Å². The minimum Gasteiger partial charge on any atom is -0.289 e. The third-order valence-electron chi connectivity index (χ3n) is 6.12. The van der Waals surface area contributed by atoms with Crippen molar-refractivity contribution in [2.24, 2.45) is 0 Å². The lowest BCUT2D eigenvalue weighted by Gasteiger charge is -2.04. The van der Waals surface area contributed by atoms with Crippen molar-refractivity contribution in [3.63, 3.8) is 0 Å². The molecule has 0 spiro atoms. The first-order chi connectivity index (χ1) is 15.2. The highest BCUT2D eigenvalue weighted by molar-refractivity contribution is 6.06. The Morgan fingerprint density at radius 1 is 0.645 bits per heavy atom. The average molecular weight is 419 g/mol. The summed E-state index contributed by atoms with van der Waals surface area (Å²) in [5.74, 6) is 0.0627. The molecule has 0 aliphatic carbocycles. The van der Waals surface area contributed by atoms with E-state index in [-0.39, 0.29) is 5.78 Å². The molecule has 0 atom stereocenters. The summed E-state index contributed by atoms with van der Waals surface area (Å²) in [4.78, 5) is 12.3. The van der Waals surface area contributed by atoms with E-state index in [1.807, 2.05) is 30.3 Å². The second kappa shape index (κ2) is 15.6. The van der Waals surface area contributed by atoms with Crippen LogP contribution in [0.5, 0.6) is 0 Å². The Morgan fingerprint density at radius 2 is 1.16 bits per heavy atom. The van der Waals surface area contributed by atoms with Gasteiger partial charge in [-0.3, -0.25) is 4.79 Å². The zero-order valence-corrected chi connectivity index (χ0v) is 19.9. The van der Waals surface area contributed by atoms with E-state index in [4.69, 9.17) is 0 Å². The lowest BCUT2D eigenvalue weighted by atomic mass is 10.0. The molecule has 0 N–H and O–H groups in total. The van der Waals surface area contributed by atoms with Crippen LogP contribution < -0.4 is 0 Å². The van der Waals surface area contributed by atoms with Crippen molar-refractivity contribution in [1.82, 2.24) is 0 Å². The molecule has 31 heavy (non-hydrogen) atoms. The molecule has 2 rings (SSSR count). The predicted molar refractivity (Wildman–Crippen MR) is 136 cm³/mol. The van der Waals surface area contributed by atoms with Gasteiger partial charge in [0, 0.05) is 5.56 Å². The fourth-order valence-electron chi connectivity index (χ4n) is 3.96. The van der Waals surface area contributed by atoms with Crippen molar-refractivity contribution in [2.45, 2.75) is 97.3 Å². The number of aryl methyl sites for hydroxylation is 2. The van der Waals surface area contributed by atoms with E-state index in [9.17, 15) is 4.79 Å². The average Bonchev–Trinajstić information content (AvgIpc) is 2.82. The number of rotatable bonds is 16. The molecule has 0 aromatic heterocycles. The summed E-state index contributed by atoms with van der Waals surface area (Å²) in [6.07, 6.45) is 21.0. The molecule has 0 fully saturated rings. The Kier molecular flexibility index (Phi) is 12.7. The van der Waals surface area contributed by atoms with Gasteiger partial charge in [0.15, 0.2) is 5.78 Å². The largest absolute Gasteiger partial charge is 0.289 e. The monoisotopic (exact) mass is 418 g/mol. The first kappa shape index (κ1) is 25.1. The summed E-state index contributed by atoms with van der Waals surface area (Å²) < 4.78 is 0. The van der Waals surface area contributed by atoms with Crippen LogP contribution in [0.2, 0.25) is 0 Å². The maximum atomic E-state index is 12.3. The lowest BCUT2D eigenvalue weighted by Crippen LogP contribution is -1.94. The van der Waals surface area contributed by atoms with Crippen LogP contribution in [0.4, 0.5) is 0 Å². The van der Waals surface area contributed by atoms with Gasteiger partial charge < -0.3 is 0 Å². The summed E-state index contributed by atoms with van der Waals surface area (Å²) in [6.45, 7) is 4.40. The molecule has 168 valence electrons. The normalized spacial score (nSPS) is 11.3. The molecule has 2 aromatic rings. The van der Waals surface area contributed by atoms with Crippen molar-refractivity contribution >= 4 is 11.9 Å². The molecule has 0 heterocycles. The fourth-order valence-corrected chi connectivity index (χ4v) is 3.96. The highest BCUT2D eigenvalue weighted by Gasteiger charge is 2.01. The van der Waals surface area contributed by atoms with Crippen LogP contribution in [0, 0.1) is 0 Å². The minimum absolute atomic E-state index is 0.0627. The first-order valence-corrected chi connectivity index (χ1v) is 12.6. The summed E-state index contributed by atoms with van der Waals surface area (Å²) in [7, 11) is 0. The quantitative estimate of drug-likeness (QED) is 0.151. The fraction of sp³-hybridized carbons (Fsp3) is 0.500. The van der Waals surface area contributed by atoms with Gasteiger partial charge in [0.25, 0.3) is 0 Å². The Bertz CT molecular complexity index is 752. The summed E-state index contributed by atoms with van der Waals surface area (Å²) in [5.41, 5.74) is 4.49. The minimum atomic E-state index is 0.0627. The molecular formula is C30H42O. The summed E-state index contributed by atoms with van der Waals surface area (Å²) >= 11 is 0. The van der Waals surface area contributed by atoms with E-state index in [0.717, 1.165) is 24.0 Å². The molecule has 1 nitrogen and oxygen atoms in total. The van der Waals surface area contributed by atoms with E-state index in [1.165, 1.54) is 81.8 Å². The van der Waals surface area contributed by atoms with Crippen LogP contribution in [-0.2, 0) is 12.8 Å². The van der Waals surface area contributed by atoms with Gasteiger partial charge >= 0.3 is 0 Å². The van der Waals surface area contributed by atoms with E-state index in [2.05, 4.69) is 38.1 Å². The molecule has 0 aliphatic heterocycles. The summed E-state index contributed by atoms with van der Waals surface area (Å²) in [6, 6.07) is 16.6. The third kappa shape index (κ3) is 10.6. The number of ketones is 1. The van der Waals surface area contributed by atoms with Crippen LogP contribution in [0.25, 0.3) is 6.08 Å². The standard InChI is InChI=1S/C30H42O/c1-3-5-6-7-8-9-10-11-12-13-14-15-27-16-18-28(19-17-27)22-25-30(31)29-23-20-26(4-2)21-24-29/h16-25H,3-15H2,1-2H3. The summed E-state index contributed by atoms with van der Waals surface area (Å²) in [5, 5.41) is 0. The van der Waals surface area contributed by atoms with Crippen LogP contribution in [0.3, 0.4) is 0 Å². The van der Waals surface area contributed by atoms with Gasteiger partial charge in [0.1, 0.15) is 0 Å². The van der Waals surface area contributed by atoms with E-state index >= 15 is 0 Å². The zero-order valence-electron chi connectivity index (χ0n) is 19.9. The molecule has 0 aliphatic rings. The van der Waals surface area contributed by atoms with E-state index in [1.54, 1.807) is 6.08 Å². The van der Waals surface area contributed by atoms with Gasteiger partial charge in [-0.05, 0) is 42.0 Å². The molecule has 0 bridgehead atoms. The predicted octanol–water partition coefficient (Wildman–Crippen LogP) is 9.00. The van der Waals surface area contributed by atoms with Gasteiger partial charge in [-0.2, -0.15) is 0 Å². The number of hydrogen-bond donors (Lipinski definition) is 0. The smallest absolute Gasteiger partial charge is 0.185 e. The van der Waals surface area contributed by atoms with Gasteiger partial charge in [0.2, 0.25) is 0 Å². The number of carbonyl (C=O) groups excluding carboxylic acids is 1. The van der Waals surface area contributed by atoms with Crippen LogP contribution in [-0.4, -0.2) is 5.78 Å². The molecule has 2 aromatic carbocycles. The highest BCUT2D eigenvalue weighted by Crippen LogP contribution is 2.14. The molecule has 0 radical (unpaired) electrons. The topological polar surface area (TPSA) is 17.1 Å². The van der Waals surface area contributed by atoms with E-state index in [0.29, 0.717) is 0 Å². The van der Waals surface area contributed by atoms with Gasteiger partial charge in [-0.25, -0.2) is 0 Å². The maximum Gasteiger partial charge on any atom is 0.185 e. The lowest BCUT2D eigenvalue weighted by molar-refractivity contribution is 0.104. The second-order valence-corrected chi connectivity index (χ2v) is 8.78. The molecule has 0 saturated heterocycles. The zero-order chi connectivity index (χ0) is 22.2. The highest BCUT2D eigenvalue weighted by atomic mass is 16.1. The molecule has 1 heteroatoms. The molecule has 0 unspecified atom stereocenters. The van der Waals surface area contributed by atoms with Crippen molar-refractivity contribution < 1.29 is 4.79 Å². The van der Waals surface area contributed by atoms with Crippen molar-refractivity contribution in [2.75, 3.05) is 0 Å². The van der Waals surface area contributed by atoms with Crippen LogP contribution in [0.15, 0.2) is 54.6 Å². The Hall–Kier alpha value is -2.15. The molecule has 0 saturated carbocycles. The number of unbranched alkanes of at least 4 members (excludes halogenated alkanes) is 10. The Balaban J connectivity index is 1.60. The first-order valence-electron chi connectivity index (χ1n) is 12.6. The van der Waals surface area contributed by atoms with Crippen LogP contribution in [0.1, 0.15) is 112 Å². The SMILES string of the molecule is CCCCCCCCCCCCCc1ccc(C=CC(=O)c2ccc(CC)cc2)cc1. The maximum absolute atomic E-state index is 12.3. The molecular weight excluding hydrogens is 376 g/mol. The second-order valence-electron chi connectivity index (χ2n) is 8.78. The van der Waals surface area contributed by atoms with Gasteiger partial charge in [-0.15, -0.1) is 0 Å². The third-order valence-corrected chi connectivity index (χ3v) is 6.12. The molecule has 0 amide bonds. The number of allylic oxidation sites excluding steroid dienone is 1. The number of carbonyl (C=O) groups is 1. The Morgan fingerprint density at radius 3 is 1.71 bits per heavy atom.